The molecule has 0 saturated carbocycles. The van der Waals surface area contributed by atoms with E-state index < -0.39 is 42.2 Å². The van der Waals surface area contributed by atoms with Gasteiger partial charge in [-0.3, -0.25) is 14.7 Å². The molecule has 4 amide bonds. The van der Waals surface area contributed by atoms with E-state index in [2.05, 4.69) is 10.6 Å². The predicted molar refractivity (Wildman–Crippen MR) is 152 cm³/mol. The van der Waals surface area contributed by atoms with Crippen molar-refractivity contribution in [3.8, 4) is 0 Å². The Morgan fingerprint density at radius 3 is 2.05 bits per heavy atom. The number of amides is 4. The number of para-hydroxylation sites is 2. The predicted octanol–water partition coefficient (Wildman–Crippen LogP) is 7.46. The summed E-state index contributed by atoms with van der Waals surface area (Å²) in [5.74, 6) is -4.17. The second-order valence-electron chi connectivity index (χ2n) is 9.94. The number of nitrogens with one attached hydrogen (secondary N) is 2. The van der Waals surface area contributed by atoms with Crippen molar-refractivity contribution in [2.45, 2.75) is 24.8 Å². The van der Waals surface area contributed by atoms with E-state index >= 15 is 0 Å². The van der Waals surface area contributed by atoms with E-state index in [4.69, 9.17) is 23.2 Å². The standard InChI is InChI=1S/C28H25Cl2F4N5O2/c29-20-12-17(6-8-22(20)31)35-26(40)38-15-19(14-37-11-3-10-28(33,34)16-37)39(25-5-2-1-4-24(25)38)27(41)36-18-7-9-23(32)21(30)13-18/h1-2,4-9,12-13,19H,3,10-11,14-16H2,(H,35,40)(H,36,41). The van der Waals surface area contributed by atoms with Crippen LogP contribution in [0.25, 0.3) is 0 Å². The smallest absolute Gasteiger partial charge is 0.307 e. The molecule has 1 fully saturated rings. The second kappa shape index (κ2) is 11.8. The molecule has 2 aliphatic heterocycles. The first-order chi connectivity index (χ1) is 19.5. The van der Waals surface area contributed by atoms with Gasteiger partial charge in [-0.05, 0) is 61.5 Å². The number of urea groups is 2. The van der Waals surface area contributed by atoms with E-state index in [1.54, 1.807) is 29.2 Å². The molecular weight excluding hydrogens is 585 g/mol. The molecule has 0 bridgehead atoms. The number of nitrogens with zero attached hydrogens (tertiary/aromatic N) is 3. The Bertz CT molecular complexity index is 1480. The number of carbonyl (C=O) groups excluding carboxylic acids is 2. The van der Waals surface area contributed by atoms with E-state index in [1.165, 1.54) is 34.1 Å². The molecule has 0 aromatic heterocycles. The van der Waals surface area contributed by atoms with Gasteiger partial charge in [-0.25, -0.2) is 27.2 Å². The molecule has 13 heteroatoms. The Morgan fingerprint density at radius 2 is 1.46 bits per heavy atom. The Hall–Kier alpha value is -3.54. The van der Waals surface area contributed by atoms with Crippen LogP contribution in [0.15, 0.2) is 60.7 Å². The maximum absolute atomic E-state index is 14.3. The van der Waals surface area contributed by atoms with Gasteiger partial charge in [-0.2, -0.15) is 0 Å². The maximum Gasteiger partial charge on any atom is 0.326 e. The molecule has 0 spiro atoms. The van der Waals surface area contributed by atoms with Gasteiger partial charge in [-0.1, -0.05) is 35.3 Å². The number of likely N-dealkylation sites (tertiary alicyclic amines) is 1. The number of rotatable bonds is 4. The van der Waals surface area contributed by atoms with Crippen molar-refractivity contribution in [3.63, 3.8) is 0 Å². The minimum Gasteiger partial charge on any atom is -0.307 e. The first-order valence-electron chi connectivity index (χ1n) is 12.8. The van der Waals surface area contributed by atoms with E-state index in [1.807, 2.05) is 0 Å². The summed E-state index contributed by atoms with van der Waals surface area (Å²) in [5, 5.41) is 5.03. The van der Waals surface area contributed by atoms with Crippen molar-refractivity contribution in [2.75, 3.05) is 46.6 Å². The summed E-state index contributed by atoms with van der Waals surface area (Å²) < 4.78 is 55.9. The monoisotopic (exact) mass is 609 g/mol. The van der Waals surface area contributed by atoms with Crippen LogP contribution in [-0.4, -0.2) is 55.1 Å². The zero-order valence-corrected chi connectivity index (χ0v) is 23.0. The van der Waals surface area contributed by atoms with Gasteiger partial charge >= 0.3 is 12.1 Å². The lowest BCUT2D eigenvalue weighted by Gasteiger charge is -2.44. The number of hydrogen-bond donors (Lipinski definition) is 2. The molecule has 0 aliphatic carbocycles. The largest absolute Gasteiger partial charge is 0.326 e. The molecule has 1 saturated heterocycles. The summed E-state index contributed by atoms with van der Waals surface area (Å²) in [7, 11) is 0. The average molecular weight is 610 g/mol. The Morgan fingerprint density at radius 1 is 0.878 bits per heavy atom. The third kappa shape index (κ3) is 6.52. The molecule has 3 aromatic carbocycles. The molecule has 7 nitrogen and oxygen atoms in total. The fourth-order valence-electron chi connectivity index (χ4n) is 5.11. The maximum atomic E-state index is 14.3. The highest BCUT2D eigenvalue weighted by Crippen LogP contribution is 2.38. The molecular formula is C28H25Cl2F4N5O2. The molecule has 2 heterocycles. The first kappa shape index (κ1) is 29.0. The van der Waals surface area contributed by atoms with Crippen molar-refractivity contribution < 1.29 is 27.2 Å². The van der Waals surface area contributed by atoms with E-state index in [9.17, 15) is 27.2 Å². The fourth-order valence-corrected chi connectivity index (χ4v) is 5.47. The zero-order chi connectivity index (χ0) is 29.3. The topological polar surface area (TPSA) is 67.9 Å². The van der Waals surface area contributed by atoms with Crippen molar-refractivity contribution in [1.29, 1.82) is 0 Å². The van der Waals surface area contributed by atoms with Gasteiger partial charge in [0.2, 0.25) is 0 Å². The van der Waals surface area contributed by atoms with E-state index in [0.717, 1.165) is 12.1 Å². The quantitative estimate of drug-likeness (QED) is 0.302. The van der Waals surface area contributed by atoms with Gasteiger partial charge in [0.25, 0.3) is 5.92 Å². The van der Waals surface area contributed by atoms with E-state index in [-0.39, 0.29) is 47.4 Å². The summed E-state index contributed by atoms with van der Waals surface area (Å²) in [6.07, 6.45) is 0.0629. The highest BCUT2D eigenvalue weighted by molar-refractivity contribution is 6.31. The summed E-state index contributed by atoms with van der Waals surface area (Å²) in [5.41, 5.74) is 1.21. The van der Waals surface area contributed by atoms with E-state index in [0.29, 0.717) is 17.9 Å². The SMILES string of the molecule is O=C(Nc1ccc(F)c(Cl)c1)N1CC(CN2CCCC(F)(F)C2)N(C(=O)Nc2ccc(F)c(Cl)c2)c2ccccc21. The molecule has 2 N–H and O–H groups in total. The van der Waals surface area contributed by atoms with Gasteiger partial charge in [0.1, 0.15) is 11.6 Å². The van der Waals surface area contributed by atoms with Crippen LogP contribution in [0.1, 0.15) is 12.8 Å². The number of halogens is 6. The van der Waals surface area contributed by atoms with Crippen LogP contribution in [-0.2, 0) is 0 Å². The molecule has 1 unspecified atom stereocenters. The summed E-state index contributed by atoms with van der Waals surface area (Å²) in [6, 6.07) is 12.2. The van der Waals surface area contributed by atoms with Crippen LogP contribution >= 0.6 is 23.2 Å². The molecule has 2 aliphatic rings. The van der Waals surface area contributed by atoms with Crippen molar-refractivity contribution in [1.82, 2.24) is 4.90 Å². The van der Waals surface area contributed by atoms with Crippen molar-refractivity contribution >= 4 is 58.0 Å². The number of carbonyl (C=O) groups is 2. The van der Waals surface area contributed by atoms with Crippen LogP contribution in [0.5, 0.6) is 0 Å². The number of fused-ring (bicyclic) bond motifs is 1. The van der Waals surface area contributed by atoms with Gasteiger partial charge in [0.05, 0.1) is 34.0 Å². The Balaban J connectivity index is 1.48. The molecule has 216 valence electrons. The van der Waals surface area contributed by atoms with Crippen LogP contribution < -0.4 is 20.4 Å². The van der Waals surface area contributed by atoms with Gasteiger partial charge < -0.3 is 10.6 Å². The Kier molecular flexibility index (Phi) is 8.30. The van der Waals surface area contributed by atoms with Crippen molar-refractivity contribution in [3.05, 3.63) is 82.3 Å². The van der Waals surface area contributed by atoms with Gasteiger partial charge in [-0.15, -0.1) is 0 Å². The minimum atomic E-state index is -2.87. The minimum absolute atomic E-state index is 0.0442. The van der Waals surface area contributed by atoms with Crippen LogP contribution in [0.2, 0.25) is 10.0 Å². The number of alkyl halides is 2. The molecule has 5 rings (SSSR count). The first-order valence-corrected chi connectivity index (χ1v) is 13.5. The number of hydrogen-bond acceptors (Lipinski definition) is 3. The highest BCUT2D eigenvalue weighted by atomic mass is 35.5. The zero-order valence-electron chi connectivity index (χ0n) is 21.5. The van der Waals surface area contributed by atoms with Crippen molar-refractivity contribution in [2.24, 2.45) is 0 Å². The van der Waals surface area contributed by atoms with Gasteiger partial charge in [0.15, 0.2) is 0 Å². The Labute approximate surface area is 243 Å². The highest BCUT2D eigenvalue weighted by Gasteiger charge is 2.41. The lowest BCUT2D eigenvalue weighted by Crippen LogP contribution is -2.60. The van der Waals surface area contributed by atoms with Crippen LogP contribution in [0.3, 0.4) is 0 Å². The molecule has 1 atom stereocenters. The molecule has 3 aromatic rings. The number of anilines is 4. The normalized spacial score (nSPS) is 18.5. The lowest BCUT2D eigenvalue weighted by molar-refractivity contribution is -0.0647. The number of piperidine rings is 1. The lowest BCUT2D eigenvalue weighted by atomic mass is 10.0. The summed E-state index contributed by atoms with van der Waals surface area (Å²) in [4.78, 5) is 31.6. The summed E-state index contributed by atoms with van der Waals surface area (Å²) in [6.45, 7) is -0.0728. The fraction of sp³-hybridized carbons (Fsp3) is 0.286. The average Bonchev–Trinajstić information content (AvgIpc) is 2.91. The summed E-state index contributed by atoms with van der Waals surface area (Å²) >= 11 is 11.8. The number of benzene rings is 3. The second-order valence-corrected chi connectivity index (χ2v) is 10.8. The van der Waals surface area contributed by atoms with Crippen LogP contribution in [0, 0.1) is 11.6 Å². The van der Waals surface area contributed by atoms with Crippen LogP contribution in [0.4, 0.5) is 49.9 Å². The third-order valence-corrected chi connectivity index (χ3v) is 7.52. The van der Waals surface area contributed by atoms with Gasteiger partial charge in [0, 0.05) is 30.9 Å². The third-order valence-electron chi connectivity index (χ3n) is 6.94. The molecule has 41 heavy (non-hydrogen) atoms. The molecule has 0 radical (unpaired) electrons.